The van der Waals surface area contributed by atoms with Gasteiger partial charge in [-0.25, -0.2) is 0 Å². The summed E-state index contributed by atoms with van der Waals surface area (Å²) in [5, 5.41) is 5.92. The van der Waals surface area contributed by atoms with Crippen molar-refractivity contribution in [2.24, 2.45) is 5.92 Å². The fourth-order valence-corrected chi connectivity index (χ4v) is 5.19. The lowest BCUT2D eigenvalue weighted by molar-refractivity contribution is -0.118. The van der Waals surface area contributed by atoms with E-state index in [2.05, 4.69) is 15.5 Å². The maximum absolute atomic E-state index is 12.8. The van der Waals surface area contributed by atoms with Gasteiger partial charge in [0.05, 0.1) is 0 Å². The van der Waals surface area contributed by atoms with Crippen LogP contribution in [0, 0.1) is 5.92 Å². The quantitative estimate of drug-likeness (QED) is 0.651. The monoisotopic (exact) mass is 465 g/mol. The Labute approximate surface area is 199 Å². The summed E-state index contributed by atoms with van der Waals surface area (Å²) >= 11 is 0. The maximum Gasteiger partial charge on any atom is 0.262 e. The third-order valence-corrected chi connectivity index (χ3v) is 6.88. The molecule has 2 unspecified atom stereocenters. The Bertz CT molecular complexity index is 1040. The molecule has 0 bridgehead atoms. The van der Waals surface area contributed by atoms with E-state index >= 15 is 0 Å². The summed E-state index contributed by atoms with van der Waals surface area (Å²) in [6.07, 6.45) is 6.17. The molecule has 8 nitrogen and oxygen atoms in total. The van der Waals surface area contributed by atoms with Gasteiger partial charge in [-0.3, -0.25) is 9.59 Å². The van der Waals surface area contributed by atoms with Crippen LogP contribution in [0.2, 0.25) is 0 Å². The molecule has 180 valence electrons. The molecular weight excluding hydrogens is 434 g/mol. The summed E-state index contributed by atoms with van der Waals surface area (Å²) in [4.78, 5) is 27.8. The normalized spacial score (nSPS) is 21.4. The number of nitrogens with one attached hydrogen (secondary N) is 2. The highest BCUT2D eigenvalue weighted by atomic mass is 16.7. The molecule has 0 aromatic heterocycles. The van der Waals surface area contributed by atoms with Crippen LogP contribution in [-0.2, 0) is 4.79 Å². The molecule has 2 saturated heterocycles. The van der Waals surface area contributed by atoms with Crippen molar-refractivity contribution in [3.63, 3.8) is 0 Å². The van der Waals surface area contributed by atoms with E-state index in [9.17, 15) is 9.59 Å². The van der Waals surface area contributed by atoms with Gasteiger partial charge in [0.25, 0.3) is 11.8 Å². The third-order valence-electron chi connectivity index (χ3n) is 6.88. The minimum absolute atomic E-state index is 0.111. The highest BCUT2D eigenvalue weighted by molar-refractivity contribution is 5.97. The Morgan fingerprint density at radius 1 is 1.00 bits per heavy atom. The Balaban J connectivity index is 1.12. The molecule has 0 aliphatic carbocycles. The van der Waals surface area contributed by atoms with Crippen LogP contribution in [0.5, 0.6) is 17.2 Å². The second kappa shape index (κ2) is 10.3. The highest BCUT2D eigenvalue weighted by Gasteiger charge is 2.33. The van der Waals surface area contributed by atoms with Gasteiger partial charge in [-0.2, -0.15) is 0 Å². The topological polar surface area (TPSA) is 89.1 Å². The van der Waals surface area contributed by atoms with Crippen LogP contribution >= 0.6 is 0 Å². The van der Waals surface area contributed by atoms with Crippen LogP contribution in [0.15, 0.2) is 42.5 Å². The molecule has 5 rings (SSSR count). The molecule has 0 spiro atoms. The van der Waals surface area contributed by atoms with Crippen LogP contribution in [0.3, 0.4) is 0 Å². The van der Waals surface area contributed by atoms with Crippen molar-refractivity contribution in [1.82, 2.24) is 10.2 Å². The molecule has 8 heteroatoms. The van der Waals surface area contributed by atoms with Gasteiger partial charge >= 0.3 is 0 Å². The number of nitrogens with zero attached hydrogens (tertiary/aromatic N) is 1. The molecule has 2 aromatic rings. The first-order valence-corrected chi connectivity index (χ1v) is 12.1. The maximum atomic E-state index is 12.8. The zero-order chi connectivity index (χ0) is 23.3. The molecule has 3 aliphatic heterocycles. The number of ether oxygens (including phenoxy) is 3. The van der Waals surface area contributed by atoms with Crippen LogP contribution in [0.25, 0.3) is 0 Å². The van der Waals surface area contributed by atoms with Gasteiger partial charge in [0.1, 0.15) is 5.75 Å². The summed E-state index contributed by atoms with van der Waals surface area (Å²) in [6, 6.07) is 12.8. The van der Waals surface area contributed by atoms with Gasteiger partial charge in [-0.15, -0.1) is 0 Å². The van der Waals surface area contributed by atoms with Gasteiger partial charge in [0, 0.05) is 29.9 Å². The van der Waals surface area contributed by atoms with Crippen LogP contribution in [0.1, 0.15) is 42.5 Å². The van der Waals surface area contributed by atoms with E-state index in [0.717, 1.165) is 0 Å². The molecule has 34 heavy (non-hydrogen) atoms. The van der Waals surface area contributed by atoms with Gasteiger partial charge < -0.3 is 29.7 Å². The predicted molar refractivity (Wildman–Crippen MR) is 127 cm³/mol. The molecule has 2 amide bonds. The molecule has 3 aliphatic rings. The van der Waals surface area contributed by atoms with Crippen LogP contribution in [0.4, 0.5) is 5.69 Å². The number of piperidine rings is 2. The van der Waals surface area contributed by atoms with Crippen molar-refractivity contribution in [3.8, 4) is 17.2 Å². The lowest BCUT2D eigenvalue weighted by Gasteiger charge is -2.44. The molecule has 0 radical (unpaired) electrons. The predicted octanol–water partition coefficient (Wildman–Crippen LogP) is 3.43. The minimum atomic E-state index is -0.310. The second-order valence-corrected chi connectivity index (χ2v) is 9.14. The molecule has 2 atom stereocenters. The first-order valence-electron chi connectivity index (χ1n) is 12.1. The average Bonchev–Trinajstić information content (AvgIpc) is 3.34. The number of hydrogen-bond acceptors (Lipinski definition) is 6. The second-order valence-electron chi connectivity index (χ2n) is 9.14. The Morgan fingerprint density at radius 2 is 1.88 bits per heavy atom. The molecule has 3 heterocycles. The van der Waals surface area contributed by atoms with Crippen molar-refractivity contribution in [1.29, 1.82) is 0 Å². The highest BCUT2D eigenvalue weighted by Crippen LogP contribution is 2.35. The fraction of sp³-hybridized carbons (Fsp3) is 0.462. The number of carbonyl (C=O) groups is 2. The van der Waals surface area contributed by atoms with E-state index in [4.69, 9.17) is 14.2 Å². The fourth-order valence-electron chi connectivity index (χ4n) is 5.19. The van der Waals surface area contributed by atoms with Crippen molar-refractivity contribution in [2.45, 2.75) is 38.1 Å². The molecule has 2 aromatic carbocycles. The van der Waals surface area contributed by atoms with Crippen molar-refractivity contribution in [3.05, 3.63) is 48.0 Å². The summed E-state index contributed by atoms with van der Waals surface area (Å²) < 4.78 is 16.2. The van der Waals surface area contributed by atoms with Gasteiger partial charge in [-0.05, 0) is 75.0 Å². The SMILES string of the molecule is O=C(COc1ccc2c(c1)OCO2)Nc1cccc(C(=O)NCC2CCCN3CCCCC23)c1. The van der Waals surface area contributed by atoms with E-state index in [1.54, 1.807) is 42.5 Å². The van der Waals surface area contributed by atoms with Crippen LogP contribution in [-0.4, -0.2) is 55.8 Å². The number of fused-ring (bicyclic) bond motifs is 2. The van der Waals surface area contributed by atoms with E-state index < -0.39 is 0 Å². The number of amides is 2. The average molecular weight is 466 g/mol. The third kappa shape index (κ3) is 5.28. The van der Waals surface area contributed by atoms with E-state index in [1.165, 1.54) is 45.2 Å². The van der Waals surface area contributed by atoms with Crippen molar-refractivity contribution >= 4 is 17.5 Å². The number of benzene rings is 2. The van der Waals surface area contributed by atoms with Crippen molar-refractivity contribution < 1.29 is 23.8 Å². The summed E-state index contributed by atoms with van der Waals surface area (Å²) in [7, 11) is 0. The number of rotatable bonds is 7. The summed E-state index contributed by atoms with van der Waals surface area (Å²) in [5.41, 5.74) is 1.09. The number of carbonyl (C=O) groups excluding carboxylic acids is 2. The molecule has 2 fully saturated rings. The van der Waals surface area contributed by atoms with E-state index in [-0.39, 0.29) is 25.2 Å². The number of hydrogen-bond donors (Lipinski definition) is 2. The first kappa shape index (κ1) is 22.5. The molecule has 2 N–H and O–H groups in total. The first-order chi connectivity index (χ1) is 16.7. The molecular formula is C26H31N3O5. The van der Waals surface area contributed by atoms with Gasteiger partial charge in [0.15, 0.2) is 18.1 Å². The lowest BCUT2D eigenvalue weighted by atomic mass is 9.83. The Kier molecular flexibility index (Phi) is 6.85. The van der Waals surface area contributed by atoms with Crippen molar-refractivity contribution in [2.75, 3.05) is 38.4 Å². The summed E-state index contributed by atoms with van der Waals surface area (Å²) in [5.74, 6) is 1.86. The Hall–Kier alpha value is -3.26. The van der Waals surface area contributed by atoms with E-state index in [1.807, 2.05) is 0 Å². The Morgan fingerprint density at radius 3 is 2.82 bits per heavy atom. The zero-order valence-corrected chi connectivity index (χ0v) is 19.3. The van der Waals surface area contributed by atoms with Gasteiger partial charge in [-0.1, -0.05) is 12.5 Å². The largest absolute Gasteiger partial charge is 0.484 e. The lowest BCUT2D eigenvalue weighted by Crippen LogP contribution is -2.51. The number of anilines is 1. The van der Waals surface area contributed by atoms with E-state index in [0.29, 0.717) is 47.0 Å². The van der Waals surface area contributed by atoms with Gasteiger partial charge in [0.2, 0.25) is 6.79 Å². The zero-order valence-electron chi connectivity index (χ0n) is 19.3. The summed E-state index contributed by atoms with van der Waals surface area (Å²) in [6.45, 7) is 3.10. The minimum Gasteiger partial charge on any atom is -0.484 e. The molecule has 0 saturated carbocycles. The standard InChI is InChI=1S/C26H31N3O5/c30-25(16-32-21-9-10-23-24(14-21)34-17-33-23)28-20-7-3-5-18(13-20)26(31)27-15-19-6-4-12-29-11-2-1-8-22(19)29/h3,5,7,9-10,13-14,19,22H,1-2,4,6,8,11-12,15-17H2,(H,27,31)(H,28,30). The van der Waals surface area contributed by atoms with Crippen LogP contribution < -0.4 is 24.8 Å². The smallest absolute Gasteiger partial charge is 0.262 e.